The molecular formula is C24H22FN5O2. The van der Waals surface area contributed by atoms with Gasteiger partial charge in [-0.3, -0.25) is 4.98 Å². The fourth-order valence-corrected chi connectivity index (χ4v) is 3.98. The maximum absolute atomic E-state index is 14.9. The Morgan fingerprint density at radius 3 is 2.69 bits per heavy atom. The van der Waals surface area contributed by atoms with Crippen LogP contribution in [-0.2, 0) is 11.2 Å². The van der Waals surface area contributed by atoms with Gasteiger partial charge in [0.2, 0.25) is 5.88 Å². The van der Waals surface area contributed by atoms with E-state index in [1.807, 2.05) is 18.2 Å². The van der Waals surface area contributed by atoms with E-state index in [1.54, 1.807) is 31.6 Å². The molecule has 0 spiro atoms. The Bertz CT molecular complexity index is 1260. The highest BCUT2D eigenvalue weighted by atomic mass is 19.1. The van der Waals surface area contributed by atoms with Crippen LogP contribution in [0.1, 0.15) is 11.3 Å². The second-order valence-electron chi connectivity index (χ2n) is 7.53. The molecule has 162 valence electrons. The second kappa shape index (κ2) is 8.84. The van der Waals surface area contributed by atoms with Gasteiger partial charge in [0.15, 0.2) is 0 Å². The Morgan fingerprint density at radius 1 is 1.00 bits per heavy atom. The molecule has 1 aliphatic heterocycles. The van der Waals surface area contributed by atoms with Crippen LogP contribution in [0.25, 0.3) is 22.2 Å². The lowest BCUT2D eigenvalue weighted by molar-refractivity contribution is 0.122. The molecule has 0 bridgehead atoms. The predicted molar refractivity (Wildman–Crippen MR) is 119 cm³/mol. The zero-order valence-corrected chi connectivity index (χ0v) is 17.7. The number of methoxy groups -OCH3 is 1. The molecule has 0 radical (unpaired) electrons. The number of benzene rings is 2. The summed E-state index contributed by atoms with van der Waals surface area (Å²) >= 11 is 0. The molecule has 3 heterocycles. The Balaban J connectivity index is 1.52. The molecule has 0 aliphatic carbocycles. The average molecular weight is 431 g/mol. The number of hydrogen-bond acceptors (Lipinski definition) is 7. The first-order chi connectivity index (χ1) is 15.7. The molecule has 0 unspecified atom stereocenters. The number of hydrogen-bond donors (Lipinski definition) is 0. The number of nitrogens with zero attached hydrogens (tertiary/aromatic N) is 5. The van der Waals surface area contributed by atoms with Crippen molar-refractivity contribution in [1.29, 1.82) is 0 Å². The number of morpholine rings is 1. The molecule has 0 amide bonds. The quantitative estimate of drug-likeness (QED) is 0.477. The molecule has 4 aromatic rings. The summed E-state index contributed by atoms with van der Waals surface area (Å²) in [5.74, 6) is 0.124. The summed E-state index contributed by atoms with van der Waals surface area (Å²) in [5, 5.41) is 0.803. The minimum absolute atomic E-state index is 0.336. The zero-order valence-electron chi connectivity index (χ0n) is 17.7. The largest absolute Gasteiger partial charge is 0.480 e. The fraction of sp³-hybridized carbons (Fsp3) is 0.250. The first-order valence-electron chi connectivity index (χ1n) is 10.4. The van der Waals surface area contributed by atoms with Crippen molar-refractivity contribution in [2.45, 2.75) is 6.42 Å². The Hall–Kier alpha value is -3.65. The monoisotopic (exact) mass is 431 g/mol. The number of rotatable bonds is 5. The van der Waals surface area contributed by atoms with Gasteiger partial charge in [0, 0.05) is 48.5 Å². The van der Waals surface area contributed by atoms with E-state index in [-0.39, 0.29) is 5.82 Å². The second-order valence-corrected chi connectivity index (χ2v) is 7.53. The van der Waals surface area contributed by atoms with E-state index in [9.17, 15) is 4.39 Å². The lowest BCUT2D eigenvalue weighted by Gasteiger charge is -2.29. The van der Waals surface area contributed by atoms with Gasteiger partial charge in [-0.1, -0.05) is 6.07 Å². The van der Waals surface area contributed by atoms with E-state index in [0.717, 1.165) is 35.2 Å². The van der Waals surface area contributed by atoms with Crippen LogP contribution in [0.4, 0.5) is 10.1 Å². The van der Waals surface area contributed by atoms with Gasteiger partial charge in [0.25, 0.3) is 0 Å². The maximum atomic E-state index is 14.9. The maximum Gasteiger partial charge on any atom is 0.235 e. The molecule has 0 atom stereocenters. The summed E-state index contributed by atoms with van der Waals surface area (Å²) in [6.45, 7) is 3.10. The van der Waals surface area contributed by atoms with Crippen LogP contribution in [0.3, 0.4) is 0 Å². The molecule has 1 aliphatic rings. The summed E-state index contributed by atoms with van der Waals surface area (Å²) in [6.07, 6.45) is 5.15. The van der Waals surface area contributed by atoms with E-state index in [0.29, 0.717) is 42.5 Å². The van der Waals surface area contributed by atoms with Crippen molar-refractivity contribution in [3.63, 3.8) is 0 Å². The molecule has 0 N–H and O–H groups in total. The van der Waals surface area contributed by atoms with Crippen LogP contribution < -0.4 is 9.64 Å². The van der Waals surface area contributed by atoms with E-state index in [4.69, 9.17) is 9.47 Å². The van der Waals surface area contributed by atoms with Crippen LogP contribution in [0.5, 0.6) is 5.88 Å². The summed E-state index contributed by atoms with van der Waals surface area (Å²) in [6, 6.07) is 11.0. The first-order valence-corrected chi connectivity index (χ1v) is 10.4. The molecule has 1 saturated heterocycles. The van der Waals surface area contributed by atoms with Crippen molar-refractivity contribution in [2.75, 3.05) is 38.3 Å². The van der Waals surface area contributed by atoms with E-state index in [2.05, 4.69) is 24.8 Å². The molecule has 8 heteroatoms. The van der Waals surface area contributed by atoms with Crippen molar-refractivity contribution in [3.05, 3.63) is 72.2 Å². The van der Waals surface area contributed by atoms with Crippen LogP contribution in [0, 0.1) is 5.82 Å². The van der Waals surface area contributed by atoms with Crippen LogP contribution in [0.15, 0.2) is 55.1 Å². The number of fused-ring (bicyclic) bond motifs is 1. The third kappa shape index (κ3) is 3.97. The smallest absolute Gasteiger partial charge is 0.235 e. The minimum Gasteiger partial charge on any atom is -0.480 e. The van der Waals surface area contributed by atoms with E-state index in [1.165, 1.54) is 12.4 Å². The molecule has 7 nitrogen and oxygen atoms in total. The van der Waals surface area contributed by atoms with Crippen LogP contribution >= 0.6 is 0 Å². The Labute approximate surface area is 184 Å². The normalized spacial score (nSPS) is 14.0. The van der Waals surface area contributed by atoms with Gasteiger partial charge in [-0.2, -0.15) is 0 Å². The van der Waals surface area contributed by atoms with Crippen molar-refractivity contribution in [1.82, 2.24) is 19.9 Å². The van der Waals surface area contributed by atoms with Gasteiger partial charge >= 0.3 is 0 Å². The van der Waals surface area contributed by atoms with Gasteiger partial charge in [-0.15, -0.1) is 0 Å². The van der Waals surface area contributed by atoms with Crippen molar-refractivity contribution in [2.24, 2.45) is 0 Å². The average Bonchev–Trinajstić information content (AvgIpc) is 2.85. The molecule has 2 aromatic carbocycles. The highest BCUT2D eigenvalue weighted by molar-refractivity contribution is 5.94. The van der Waals surface area contributed by atoms with Gasteiger partial charge < -0.3 is 14.4 Å². The molecule has 2 aromatic heterocycles. The number of anilines is 1. The lowest BCUT2D eigenvalue weighted by Crippen LogP contribution is -2.36. The number of halogens is 1. The van der Waals surface area contributed by atoms with Gasteiger partial charge in [0.1, 0.15) is 17.8 Å². The predicted octanol–water partition coefficient (Wildman–Crippen LogP) is 3.66. The lowest BCUT2D eigenvalue weighted by atomic mass is 10.0. The number of ether oxygens (including phenoxy) is 2. The highest BCUT2D eigenvalue weighted by Crippen LogP contribution is 2.31. The third-order valence-corrected chi connectivity index (χ3v) is 5.58. The Morgan fingerprint density at radius 2 is 1.84 bits per heavy atom. The van der Waals surface area contributed by atoms with E-state index >= 15 is 0 Å². The highest BCUT2D eigenvalue weighted by Gasteiger charge is 2.16. The van der Waals surface area contributed by atoms with Crippen molar-refractivity contribution >= 4 is 16.6 Å². The topological polar surface area (TPSA) is 73.3 Å². The summed E-state index contributed by atoms with van der Waals surface area (Å²) < 4.78 is 25.6. The summed E-state index contributed by atoms with van der Waals surface area (Å²) in [4.78, 5) is 19.7. The molecule has 1 fully saturated rings. The van der Waals surface area contributed by atoms with Crippen molar-refractivity contribution < 1.29 is 13.9 Å². The van der Waals surface area contributed by atoms with Gasteiger partial charge in [-0.25, -0.2) is 19.3 Å². The first kappa shape index (κ1) is 20.3. The SMILES string of the molecule is COc1nccnc1Cc1ccc(F)c(-c2ncnc3cc(N4CCOCC4)ccc23)c1. The summed E-state index contributed by atoms with van der Waals surface area (Å²) in [5.41, 5.74) is 4.42. The molecular weight excluding hydrogens is 409 g/mol. The van der Waals surface area contributed by atoms with Crippen LogP contribution in [-0.4, -0.2) is 53.3 Å². The third-order valence-electron chi connectivity index (χ3n) is 5.58. The van der Waals surface area contributed by atoms with Gasteiger partial charge in [-0.05, 0) is 35.9 Å². The Kier molecular flexibility index (Phi) is 5.60. The molecule has 32 heavy (non-hydrogen) atoms. The van der Waals surface area contributed by atoms with Crippen LogP contribution in [0.2, 0.25) is 0 Å². The number of aromatic nitrogens is 4. The molecule has 5 rings (SSSR count). The standard InChI is InChI=1S/C24H22FN5O2/c1-31-24-22(26-6-7-27-24)13-16-2-5-20(25)19(12-16)23-18-4-3-17(14-21(18)28-15-29-23)30-8-10-32-11-9-30/h2-7,12,14-15H,8-11,13H2,1H3. The van der Waals surface area contributed by atoms with E-state index < -0.39 is 0 Å². The van der Waals surface area contributed by atoms with Crippen molar-refractivity contribution in [3.8, 4) is 17.1 Å². The fourth-order valence-electron chi connectivity index (χ4n) is 3.98. The minimum atomic E-state index is -0.336. The summed E-state index contributed by atoms with van der Waals surface area (Å²) in [7, 11) is 1.56. The molecule has 0 saturated carbocycles. The van der Waals surface area contributed by atoms with Gasteiger partial charge in [0.05, 0.1) is 31.5 Å². The zero-order chi connectivity index (χ0) is 21.9.